The topological polar surface area (TPSA) is 75.1 Å². The predicted octanol–water partition coefficient (Wildman–Crippen LogP) is 3.26. The second kappa shape index (κ2) is 8.80. The number of aromatic nitrogens is 4. The standard InChI is InChI=1S/C25H24N6O/c1-30-8-10-31(11-9-30)25-14-19(4-7-27-25)24(32)15-22-13-20-12-21(16-29-23(20)17-28-22)18-2-5-26-6-3-18/h2-7,12-14,16-17H,8-11,15H2,1H3. The van der Waals surface area contributed by atoms with Gasteiger partial charge in [-0.15, -0.1) is 0 Å². The van der Waals surface area contributed by atoms with Crippen LogP contribution in [-0.2, 0) is 6.42 Å². The van der Waals surface area contributed by atoms with E-state index in [0.29, 0.717) is 5.56 Å². The van der Waals surface area contributed by atoms with Crippen molar-refractivity contribution >= 4 is 22.5 Å². The minimum Gasteiger partial charge on any atom is -0.354 e. The van der Waals surface area contributed by atoms with E-state index >= 15 is 0 Å². The number of fused-ring (bicyclic) bond motifs is 1. The molecule has 1 aliphatic heterocycles. The number of ketones is 1. The number of anilines is 1. The number of hydrogen-bond donors (Lipinski definition) is 0. The Morgan fingerprint density at radius 3 is 2.50 bits per heavy atom. The summed E-state index contributed by atoms with van der Waals surface area (Å²) in [6.45, 7) is 3.83. The predicted molar refractivity (Wildman–Crippen MR) is 125 cm³/mol. The van der Waals surface area contributed by atoms with Crippen molar-refractivity contribution in [3.05, 3.63) is 78.6 Å². The molecule has 4 aromatic heterocycles. The minimum atomic E-state index is 0.0351. The van der Waals surface area contributed by atoms with E-state index in [4.69, 9.17) is 0 Å². The van der Waals surface area contributed by atoms with Crippen LogP contribution in [0.1, 0.15) is 16.1 Å². The highest BCUT2D eigenvalue weighted by Crippen LogP contribution is 2.23. The van der Waals surface area contributed by atoms with Crippen LogP contribution in [0.5, 0.6) is 0 Å². The van der Waals surface area contributed by atoms with Crippen LogP contribution < -0.4 is 4.90 Å². The van der Waals surface area contributed by atoms with Crippen LogP contribution in [0.3, 0.4) is 0 Å². The number of Topliss-reactive ketones (excluding diaryl/α,β-unsaturated/α-hetero) is 1. The van der Waals surface area contributed by atoms with Gasteiger partial charge in [0.05, 0.1) is 18.1 Å². The molecule has 1 saturated heterocycles. The van der Waals surface area contributed by atoms with Crippen LogP contribution in [0.25, 0.3) is 22.0 Å². The summed E-state index contributed by atoms with van der Waals surface area (Å²) in [7, 11) is 2.12. The molecule has 32 heavy (non-hydrogen) atoms. The molecule has 0 bridgehead atoms. The summed E-state index contributed by atoms with van der Waals surface area (Å²) in [5.41, 5.74) is 4.26. The first kappa shape index (κ1) is 20.2. The zero-order valence-electron chi connectivity index (χ0n) is 18.0. The maximum Gasteiger partial charge on any atom is 0.169 e. The summed E-state index contributed by atoms with van der Waals surface area (Å²) < 4.78 is 0. The lowest BCUT2D eigenvalue weighted by Crippen LogP contribution is -2.44. The van der Waals surface area contributed by atoms with E-state index in [1.165, 1.54) is 0 Å². The molecule has 7 nitrogen and oxygen atoms in total. The van der Waals surface area contributed by atoms with Gasteiger partial charge in [-0.05, 0) is 49.0 Å². The molecular weight excluding hydrogens is 400 g/mol. The Balaban J connectivity index is 1.36. The molecule has 0 spiro atoms. The molecule has 5 heterocycles. The van der Waals surface area contributed by atoms with E-state index < -0.39 is 0 Å². The molecule has 0 radical (unpaired) electrons. The summed E-state index contributed by atoms with van der Waals surface area (Å²) in [6, 6.07) is 11.6. The van der Waals surface area contributed by atoms with Gasteiger partial charge >= 0.3 is 0 Å². The summed E-state index contributed by atoms with van der Waals surface area (Å²) in [4.78, 5) is 35.1. The van der Waals surface area contributed by atoms with Crippen LogP contribution in [-0.4, -0.2) is 63.8 Å². The van der Waals surface area contributed by atoms with Gasteiger partial charge in [-0.2, -0.15) is 0 Å². The fourth-order valence-corrected chi connectivity index (χ4v) is 3.94. The van der Waals surface area contributed by atoms with Gasteiger partial charge in [0.2, 0.25) is 0 Å². The van der Waals surface area contributed by atoms with Gasteiger partial charge in [0.1, 0.15) is 5.82 Å². The number of carbonyl (C=O) groups excluding carboxylic acids is 1. The number of rotatable bonds is 5. The van der Waals surface area contributed by atoms with Crippen LogP contribution in [0.15, 0.2) is 67.4 Å². The van der Waals surface area contributed by atoms with Crippen LogP contribution in [0, 0.1) is 0 Å². The first-order valence-corrected chi connectivity index (χ1v) is 10.7. The lowest BCUT2D eigenvalue weighted by atomic mass is 10.0. The van der Waals surface area contributed by atoms with Gasteiger partial charge in [-0.1, -0.05) is 0 Å². The maximum absolute atomic E-state index is 13.0. The molecule has 0 amide bonds. The van der Waals surface area contributed by atoms with Crippen molar-refractivity contribution in [2.24, 2.45) is 0 Å². The number of hydrogen-bond acceptors (Lipinski definition) is 7. The summed E-state index contributed by atoms with van der Waals surface area (Å²) in [5, 5.41) is 0.963. The molecule has 1 fully saturated rings. The Labute approximate surface area is 186 Å². The van der Waals surface area contributed by atoms with E-state index in [-0.39, 0.29) is 12.2 Å². The molecule has 0 saturated carbocycles. The van der Waals surface area contributed by atoms with Crippen molar-refractivity contribution < 1.29 is 4.79 Å². The molecular formula is C25H24N6O. The van der Waals surface area contributed by atoms with Gasteiger partial charge in [0.25, 0.3) is 0 Å². The van der Waals surface area contributed by atoms with Crippen LogP contribution in [0.2, 0.25) is 0 Å². The lowest BCUT2D eigenvalue weighted by molar-refractivity contribution is 0.0992. The van der Waals surface area contributed by atoms with Crippen LogP contribution >= 0.6 is 0 Å². The van der Waals surface area contributed by atoms with E-state index in [1.807, 2.05) is 30.5 Å². The van der Waals surface area contributed by atoms with Crippen LogP contribution in [0.4, 0.5) is 5.82 Å². The summed E-state index contributed by atoms with van der Waals surface area (Å²) in [6.07, 6.45) is 9.06. The van der Waals surface area contributed by atoms with E-state index in [0.717, 1.165) is 59.7 Å². The minimum absolute atomic E-state index is 0.0351. The van der Waals surface area contributed by atoms with Gasteiger partial charge in [-0.25, -0.2) is 4.98 Å². The third kappa shape index (κ3) is 4.33. The second-order valence-electron chi connectivity index (χ2n) is 8.12. The number of carbonyl (C=O) groups is 1. The third-order valence-corrected chi connectivity index (χ3v) is 5.87. The van der Waals surface area contributed by atoms with Crippen molar-refractivity contribution in [3.8, 4) is 11.1 Å². The number of piperazine rings is 1. The van der Waals surface area contributed by atoms with Crippen molar-refractivity contribution in [2.75, 3.05) is 38.1 Å². The average Bonchev–Trinajstić information content (AvgIpc) is 2.84. The highest BCUT2D eigenvalue weighted by molar-refractivity contribution is 5.98. The van der Waals surface area contributed by atoms with E-state index in [1.54, 1.807) is 30.9 Å². The normalized spacial score (nSPS) is 14.6. The molecule has 0 aliphatic carbocycles. The second-order valence-corrected chi connectivity index (χ2v) is 8.12. The van der Waals surface area contributed by atoms with E-state index in [9.17, 15) is 4.79 Å². The van der Waals surface area contributed by atoms with Gasteiger partial charge in [0.15, 0.2) is 5.78 Å². The molecule has 4 aromatic rings. The first-order valence-electron chi connectivity index (χ1n) is 10.7. The first-order chi connectivity index (χ1) is 15.7. The summed E-state index contributed by atoms with van der Waals surface area (Å²) in [5.74, 6) is 0.898. The monoisotopic (exact) mass is 424 g/mol. The molecule has 0 unspecified atom stereocenters. The summed E-state index contributed by atoms with van der Waals surface area (Å²) >= 11 is 0. The quantitative estimate of drug-likeness (QED) is 0.455. The van der Waals surface area contributed by atoms with Crippen molar-refractivity contribution in [1.29, 1.82) is 0 Å². The molecule has 160 valence electrons. The highest BCUT2D eigenvalue weighted by atomic mass is 16.1. The van der Waals surface area contributed by atoms with Gasteiger partial charge in [-0.3, -0.25) is 19.7 Å². The zero-order chi connectivity index (χ0) is 21.9. The Morgan fingerprint density at radius 1 is 0.875 bits per heavy atom. The number of likely N-dealkylation sites (N-methyl/N-ethyl adjacent to an activating group) is 1. The maximum atomic E-state index is 13.0. The van der Waals surface area contributed by atoms with Crippen molar-refractivity contribution in [1.82, 2.24) is 24.8 Å². The Hall–Kier alpha value is -3.71. The molecule has 0 N–H and O–H groups in total. The molecule has 0 aromatic carbocycles. The number of nitrogens with zero attached hydrogens (tertiary/aromatic N) is 6. The third-order valence-electron chi connectivity index (χ3n) is 5.87. The van der Waals surface area contributed by atoms with E-state index in [2.05, 4.69) is 42.8 Å². The number of pyridine rings is 4. The Morgan fingerprint density at radius 2 is 1.69 bits per heavy atom. The van der Waals surface area contributed by atoms with Crippen molar-refractivity contribution in [3.63, 3.8) is 0 Å². The fourth-order valence-electron chi connectivity index (χ4n) is 3.94. The molecule has 7 heteroatoms. The molecule has 0 atom stereocenters. The average molecular weight is 425 g/mol. The van der Waals surface area contributed by atoms with Crippen molar-refractivity contribution in [2.45, 2.75) is 6.42 Å². The van der Waals surface area contributed by atoms with Gasteiger partial charge < -0.3 is 9.80 Å². The SMILES string of the molecule is CN1CCN(c2cc(C(=O)Cc3cc4cc(-c5ccncc5)cnc4cn3)ccn2)CC1. The zero-order valence-corrected chi connectivity index (χ0v) is 18.0. The van der Waals surface area contributed by atoms with Gasteiger partial charge in [0, 0.05) is 73.2 Å². The Bertz CT molecular complexity index is 1250. The smallest absolute Gasteiger partial charge is 0.169 e. The Kier molecular flexibility index (Phi) is 5.56. The molecule has 5 rings (SSSR count). The fraction of sp³-hybridized carbons (Fsp3) is 0.240. The highest BCUT2D eigenvalue weighted by Gasteiger charge is 2.17. The largest absolute Gasteiger partial charge is 0.354 e. The lowest BCUT2D eigenvalue weighted by Gasteiger charge is -2.33. The molecule has 1 aliphatic rings.